The summed E-state index contributed by atoms with van der Waals surface area (Å²) in [7, 11) is 0. The number of nitrogens with zero attached hydrogens (tertiary/aromatic N) is 3. The highest BCUT2D eigenvalue weighted by Gasteiger charge is 2.28. The number of aromatic nitrogens is 2. The quantitative estimate of drug-likeness (QED) is 0.556. The van der Waals surface area contributed by atoms with Gasteiger partial charge in [0.25, 0.3) is 0 Å². The third-order valence-corrected chi connectivity index (χ3v) is 1.86. The summed E-state index contributed by atoms with van der Waals surface area (Å²) in [6.45, 7) is 0.157. The van der Waals surface area contributed by atoms with Gasteiger partial charge < -0.3 is 4.90 Å². The van der Waals surface area contributed by atoms with Crippen LogP contribution in [0, 0.1) is 0 Å². The zero-order valence-electron chi connectivity index (χ0n) is 6.80. The van der Waals surface area contributed by atoms with Crippen molar-refractivity contribution in [1.82, 2.24) is 10.2 Å². The molecule has 1 aromatic heterocycles. The maximum absolute atomic E-state index is 11.2. The molecule has 1 aromatic rings. The molecule has 1 aliphatic rings. The van der Waals surface area contributed by atoms with Crippen LogP contribution in [0.3, 0.4) is 0 Å². The molecule has 66 valence electrons. The van der Waals surface area contributed by atoms with Crippen molar-refractivity contribution in [3.05, 3.63) is 18.5 Å². The number of Topliss-reactive ketones (excluding diaryl/α,β-unsaturated/α-hetero) is 1. The van der Waals surface area contributed by atoms with Gasteiger partial charge in [0.05, 0.1) is 31.0 Å². The Labute approximate surface area is 74.4 Å². The number of ketones is 1. The second kappa shape index (κ2) is 2.93. The topological polar surface area (TPSA) is 63.2 Å². The first-order chi connectivity index (χ1) is 6.27. The van der Waals surface area contributed by atoms with E-state index < -0.39 is 0 Å². The average molecular weight is 177 g/mol. The summed E-state index contributed by atoms with van der Waals surface area (Å²) in [5.41, 5.74) is 0.630. The lowest BCUT2D eigenvalue weighted by atomic mass is 10.3. The van der Waals surface area contributed by atoms with Crippen molar-refractivity contribution in [2.45, 2.75) is 6.42 Å². The number of rotatable bonds is 1. The molecule has 5 nitrogen and oxygen atoms in total. The largest absolute Gasteiger partial charge is 0.303 e. The van der Waals surface area contributed by atoms with Crippen LogP contribution >= 0.6 is 0 Å². The van der Waals surface area contributed by atoms with Gasteiger partial charge in [0.15, 0.2) is 5.78 Å². The van der Waals surface area contributed by atoms with Crippen LogP contribution in [-0.2, 0) is 9.59 Å². The molecule has 13 heavy (non-hydrogen) atoms. The lowest BCUT2D eigenvalue weighted by Gasteiger charge is -2.12. The number of amides is 1. The van der Waals surface area contributed by atoms with E-state index >= 15 is 0 Å². The van der Waals surface area contributed by atoms with Crippen LogP contribution in [0.15, 0.2) is 18.5 Å². The molecule has 1 aliphatic heterocycles. The lowest BCUT2D eigenvalue weighted by Crippen LogP contribution is -2.24. The highest BCUT2D eigenvalue weighted by Crippen LogP contribution is 2.16. The molecule has 1 amide bonds. The molecule has 0 N–H and O–H groups in total. The molecular formula is C8H7N3O2. The normalized spacial score (nSPS) is 16.8. The monoisotopic (exact) mass is 177 g/mol. The highest BCUT2D eigenvalue weighted by atomic mass is 16.2. The molecule has 2 heterocycles. The smallest absolute Gasteiger partial charge is 0.234 e. The molecule has 0 aliphatic carbocycles. The van der Waals surface area contributed by atoms with Crippen molar-refractivity contribution in [1.29, 1.82) is 0 Å². The molecule has 0 bridgehead atoms. The third-order valence-electron chi connectivity index (χ3n) is 1.86. The Morgan fingerprint density at radius 2 is 2.15 bits per heavy atom. The SMILES string of the molecule is O=C1CC(=O)N(c2ccnnc2)C1. The van der Waals surface area contributed by atoms with Crippen molar-refractivity contribution in [3.8, 4) is 0 Å². The first kappa shape index (κ1) is 7.85. The summed E-state index contributed by atoms with van der Waals surface area (Å²) < 4.78 is 0. The third kappa shape index (κ3) is 1.40. The number of hydrogen-bond donors (Lipinski definition) is 0. The fourth-order valence-corrected chi connectivity index (χ4v) is 1.26. The van der Waals surface area contributed by atoms with E-state index in [0.717, 1.165) is 0 Å². The van der Waals surface area contributed by atoms with E-state index in [0.29, 0.717) is 5.69 Å². The van der Waals surface area contributed by atoms with Crippen LogP contribution in [0.2, 0.25) is 0 Å². The van der Waals surface area contributed by atoms with E-state index in [9.17, 15) is 9.59 Å². The predicted octanol–water partition coefficient (Wildman–Crippen LogP) is -0.218. The summed E-state index contributed by atoms with van der Waals surface area (Å²) in [6.07, 6.45) is 2.96. The molecule has 0 unspecified atom stereocenters. The number of carbonyl (C=O) groups is 2. The Kier molecular flexibility index (Phi) is 1.77. The minimum atomic E-state index is -0.169. The van der Waals surface area contributed by atoms with Crippen LogP contribution in [-0.4, -0.2) is 28.4 Å². The molecule has 1 saturated heterocycles. The molecular weight excluding hydrogens is 170 g/mol. The number of hydrogen-bond acceptors (Lipinski definition) is 4. The minimum absolute atomic E-state index is 0.00230. The Hall–Kier alpha value is -1.78. The molecule has 2 rings (SSSR count). The standard InChI is InChI=1S/C8H7N3O2/c12-7-3-8(13)11(5-7)6-1-2-9-10-4-6/h1-2,4H,3,5H2. The van der Waals surface area contributed by atoms with Gasteiger partial charge in [-0.25, -0.2) is 0 Å². The Morgan fingerprint density at radius 3 is 2.69 bits per heavy atom. The summed E-state index contributed by atoms with van der Waals surface area (Å²) in [5, 5.41) is 7.22. The van der Waals surface area contributed by atoms with Gasteiger partial charge >= 0.3 is 0 Å². The summed E-state index contributed by atoms with van der Waals surface area (Å²) in [6, 6.07) is 1.66. The second-order valence-electron chi connectivity index (χ2n) is 2.80. The summed E-state index contributed by atoms with van der Waals surface area (Å²) in [5.74, 6) is -0.222. The van der Waals surface area contributed by atoms with Gasteiger partial charge in [-0.2, -0.15) is 10.2 Å². The van der Waals surface area contributed by atoms with Crippen LogP contribution in [0.25, 0.3) is 0 Å². The van der Waals surface area contributed by atoms with Crippen molar-refractivity contribution < 1.29 is 9.59 Å². The summed E-state index contributed by atoms with van der Waals surface area (Å²) in [4.78, 5) is 23.6. The summed E-state index contributed by atoms with van der Waals surface area (Å²) >= 11 is 0. The van der Waals surface area contributed by atoms with Gasteiger partial charge in [-0.3, -0.25) is 9.59 Å². The first-order valence-corrected chi connectivity index (χ1v) is 3.86. The molecule has 1 fully saturated rings. The molecule has 0 atom stereocenters. The van der Waals surface area contributed by atoms with Gasteiger partial charge in [-0.05, 0) is 6.07 Å². The van der Waals surface area contributed by atoms with Crippen molar-refractivity contribution in [2.75, 3.05) is 11.4 Å². The number of anilines is 1. The van der Waals surface area contributed by atoms with Gasteiger partial charge in [-0.15, -0.1) is 0 Å². The minimum Gasteiger partial charge on any atom is -0.303 e. The fourth-order valence-electron chi connectivity index (χ4n) is 1.26. The van der Waals surface area contributed by atoms with Crippen molar-refractivity contribution in [3.63, 3.8) is 0 Å². The molecule has 5 heteroatoms. The van der Waals surface area contributed by atoms with Crippen LogP contribution in [0.4, 0.5) is 5.69 Å². The van der Waals surface area contributed by atoms with Gasteiger partial charge in [0.1, 0.15) is 0 Å². The van der Waals surface area contributed by atoms with E-state index in [1.54, 1.807) is 6.07 Å². The second-order valence-corrected chi connectivity index (χ2v) is 2.80. The van der Waals surface area contributed by atoms with Gasteiger partial charge in [-0.1, -0.05) is 0 Å². The van der Waals surface area contributed by atoms with Gasteiger partial charge in [0, 0.05) is 0 Å². The lowest BCUT2D eigenvalue weighted by molar-refractivity contribution is -0.121. The van der Waals surface area contributed by atoms with Crippen molar-refractivity contribution >= 4 is 17.4 Å². The Bertz CT molecular complexity index is 350. The Morgan fingerprint density at radius 1 is 1.31 bits per heavy atom. The molecule has 0 spiro atoms. The van der Waals surface area contributed by atoms with E-state index in [4.69, 9.17) is 0 Å². The van der Waals surface area contributed by atoms with Gasteiger partial charge in [0.2, 0.25) is 5.91 Å². The van der Waals surface area contributed by atoms with E-state index in [-0.39, 0.29) is 24.7 Å². The Balaban J connectivity index is 2.28. The van der Waals surface area contributed by atoms with E-state index in [1.165, 1.54) is 17.3 Å². The zero-order valence-corrected chi connectivity index (χ0v) is 6.80. The maximum Gasteiger partial charge on any atom is 0.234 e. The highest BCUT2D eigenvalue weighted by molar-refractivity contribution is 6.14. The van der Waals surface area contributed by atoms with E-state index in [2.05, 4.69) is 10.2 Å². The van der Waals surface area contributed by atoms with Crippen molar-refractivity contribution in [2.24, 2.45) is 0 Å². The average Bonchev–Trinajstić information content (AvgIpc) is 2.47. The first-order valence-electron chi connectivity index (χ1n) is 3.86. The zero-order chi connectivity index (χ0) is 9.26. The van der Waals surface area contributed by atoms with Crippen LogP contribution < -0.4 is 4.90 Å². The predicted molar refractivity (Wildman–Crippen MR) is 44.0 cm³/mol. The van der Waals surface area contributed by atoms with E-state index in [1.807, 2.05) is 0 Å². The fraction of sp³-hybridized carbons (Fsp3) is 0.250. The number of carbonyl (C=O) groups excluding carboxylic acids is 2. The van der Waals surface area contributed by atoms with Crippen LogP contribution in [0.1, 0.15) is 6.42 Å². The molecule has 0 radical (unpaired) electrons. The molecule has 0 saturated carbocycles. The molecule has 0 aromatic carbocycles. The maximum atomic E-state index is 11.2. The van der Waals surface area contributed by atoms with Crippen LogP contribution in [0.5, 0.6) is 0 Å².